The van der Waals surface area contributed by atoms with Crippen LogP contribution in [0.5, 0.6) is 0 Å². The van der Waals surface area contributed by atoms with Crippen molar-refractivity contribution in [3.8, 4) is 0 Å². The molecule has 1 aromatic carbocycles. The van der Waals surface area contributed by atoms with Gasteiger partial charge in [0.25, 0.3) is 6.43 Å². The molecule has 0 aromatic heterocycles. The third kappa shape index (κ3) is 7.67. The molecule has 1 saturated carbocycles. The quantitative estimate of drug-likeness (QED) is 0.304. The Morgan fingerprint density at radius 1 is 1.25 bits per heavy atom. The molecule has 4 nitrogen and oxygen atoms in total. The van der Waals surface area contributed by atoms with E-state index >= 15 is 0 Å². The lowest BCUT2D eigenvalue weighted by Gasteiger charge is -2.32. The zero-order chi connectivity index (χ0) is 19.1. The number of benzene rings is 1. The minimum atomic E-state index is -2.25. The SMILES string of the molecule is CCNC(=NCC1(Sc2ccccc2)CC1)NC1CCN(CC(F)F)CC1.I. The summed E-state index contributed by atoms with van der Waals surface area (Å²) in [5, 5.41) is 6.84. The lowest BCUT2D eigenvalue weighted by Crippen LogP contribution is -2.49. The van der Waals surface area contributed by atoms with Gasteiger partial charge in [-0.1, -0.05) is 18.2 Å². The summed E-state index contributed by atoms with van der Waals surface area (Å²) < 4.78 is 25.3. The van der Waals surface area contributed by atoms with E-state index in [0.29, 0.717) is 6.04 Å². The van der Waals surface area contributed by atoms with E-state index in [-0.39, 0.29) is 35.3 Å². The fourth-order valence-corrected chi connectivity index (χ4v) is 4.59. The van der Waals surface area contributed by atoms with Crippen LogP contribution in [0, 0.1) is 0 Å². The summed E-state index contributed by atoms with van der Waals surface area (Å²) in [6, 6.07) is 10.8. The van der Waals surface area contributed by atoms with E-state index in [4.69, 9.17) is 4.99 Å². The Kier molecular flexibility index (Phi) is 9.76. The molecule has 0 bridgehead atoms. The molecule has 1 saturated heterocycles. The fraction of sp³-hybridized carbons (Fsp3) is 0.650. The van der Waals surface area contributed by atoms with E-state index in [0.717, 1.165) is 45.0 Å². The van der Waals surface area contributed by atoms with Gasteiger partial charge in [-0.25, -0.2) is 8.78 Å². The molecule has 1 aromatic rings. The van der Waals surface area contributed by atoms with Crippen molar-refractivity contribution >= 4 is 41.7 Å². The normalized spacial score (nSPS) is 19.9. The van der Waals surface area contributed by atoms with E-state index in [1.165, 1.54) is 17.7 Å². The third-order valence-corrected chi connectivity index (χ3v) is 6.56. The van der Waals surface area contributed by atoms with Crippen LogP contribution < -0.4 is 10.6 Å². The average molecular weight is 524 g/mol. The van der Waals surface area contributed by atoms with Gasteiger partial charge < -0.3 is 10.6 Å². The number of aliphatic imine (C=N–C) groups is 1. The van der Waals surface area contributed by atoms with Crippen LogP contribution in [0.2, 0.25) is 0 Å². The van der Waals surface area contributed by atoms with Gasteiger partial charge >= 0.3 is 0 Å². The molecule has 2 aliphatic rings. The molecule has 158 valence electrons. The molecular weight excluding hydrogens is 493 g/mol. The van der Waals surface area contributed by atoms with Gasteiger partial charge in [-0.3, -0.25) is 9.89 Å². The van der Waals surface area contributed by atoms with Crippen molar-refractivity contribution in [3.05, 3.63) is 30.3 Å². The molecule has 1 aliphatic heterocycles. The van der Waals surface area contributed by atoms with Crippen LogP contribution in [-0.2, 0) is 0 Å². The lowest BCUT2D eigenvalue weighted by atomic mass is 10.1. The van der Waals surface area contributed by atoms with Crippen molar-refractivity contribution in [2.45, 2.75) is 54.7 Å². The summed E-state index contributed by atoms with van der Waals surface area (Å²) in [6.07, 6.45) is 1.90. The van der Waals surface area contributed by atoms with Crippen molar-refractivity contribution in [3.63, 3.8) is 0 Å². The fourth-order valence-electron chi connectivity index (χ4n) is 3.36. The van der Waals surface area contributed by atoms with Gasteiger partial charge in [-0.2, -0.15) is 0 Å². The number of thioether (sulfide) groups is 1. The van der Waals surface area contributed by atoms with Gasteiger partial charge in [0.2, 0.25) is 0 Å². The maximum Gasteiger partial charge on any atom is 0.251 e. The Labute approximate surface area is 188 Å². The zero-order valence-corrected chi connectivity index (χ0v) is 19.5. The number of rotatable bonds is 8. The van der Waals surface area contributed by atoms with Crippen molar-refractivity contribution < 1.29 is 8.78 Å². The van der Waals surface area contributed by atoms with E-state index in [1.54, 1.807) is 0 Å². The Hall–Kier alpha value is -0.610. The number of nitrogens with zero attached hydrogens (tertiary/aromatic N) is 2. The van der Waals surface area contributed by atoms with Crippen molar-refractivity contribution in [1.82, 2.24) is 15.5 Å². The summed E-state index contributed by atoms with van der Waals surface area (Å²) in [5.41, 5.74) is 0. The first kappa shape index (κ1) is 23.7. The Morgan fingerprint density at radius 3 is 2.50 bits per heavy atom. The van der Waals surface area contributed by atoms with Gasteiger partial charge in [-0.05, 0) is 44.7 Å². The van der Waals surface area contributed by atoms with Crippen LogP contribution in [0.1, 0.15) is 32.6 Å². The van der Waals surface area contributed by atoms with Gasteiger partial charge in [0.15, 0.2) is 5.96 Å². The summed E-state index contributed by atoms with van der Waals surface area (Å²) >= 11 is 1.93. The van der Waals surface area contributed by atoms with Crippen molar-refractivity contribution in [2.24, 2.45) is 4.99 Å². The summed E-state index contributed by atoms with van der Waals surface area (Å²) in [4.78, 5) is 8.00. The van der Waals surface area contributed by atoms with E-state index in [9.17, 15) is 8.78 Å². The number of guanidine groups is 1. The van der Waals surface area contributed by atoms with Gasteiger partial charge in [0, 0.05) is 35.3 Å². The highest BCUT2D eigenvalue weighted by Crippen LogP contribution is 2.51. The molecule has 0 amide bonds. The van der Waals surface area contributed by atoms with Crippen LogP contribution in [0.15, 0.2) is 40.2 Å². The maximum atomic E-state index is 12.5. The first-order valence-electron chi connectivity index (χ1n) is 9.88. The number of hydrogen-bond acceptors (Lipinski definition) is 3. The summed E-state index contributed by atoms with van der Waals surface area (Å²) in [5.74, 6) is 0.852. The monoisotopic (exact) mass is 524 g/mol. The predicted octanol–water partition coefficient (Wildman–Crippen LogP) is 4.21. The number of alkyl halides is 2. The second-order valence-corrected chi connectivity index (χ2v) is 8.95. The molecule has 0 atom stereocenters. The largest absolute Gasteiger partial charge is 0.357 e. The lowest BCUT2D eigenvalue weighted by molar-refractivity contribution is 0.0744. The van der Waals surface area contributed by atoms with Gasteiger partial charge in [0.1, 0.15) is 0 Å². The summed E-state index contributed by atoms with van der Waals surface area (Å²) in [6.45, 7) is 5.00. The second kappa shape index (κ2) is 11.5. The highest BCUT2D eigenvalue weighted by Gasteiger charge is 2.43. The Morgan fingerprint density at radius 2 is 1.93 bits per heavy atom. The number of nitrogens with one attached hydrogen (secondary N) is 2. The molecule has 0 radical (unpaired) electrons. The highest BCUT2D eigenvalue weighted by molar-refractivity contribution is 14.0. The van der Waals surface area contributed by atoms with Crippen molar-refractivity contribution in [1.29, 1.82) is 0 Å². The van der Waals surface area contributed by atoms with E-state index in [1.807, 2.05) is 22.7 Å². The summed E-state index contributed by atoms with van der Waals surface area (Å²) in [7, 11) is 0. The molecule has 2 fully saturated rings. The van der Waals surface area contributed by atoms with Crippen LogP contribution in [-0.4, -0.2) is 60.8 Å². The number of likely N-dealkylation sites (tertiary alicyclic amines) is 1. The van der Waals surface area contributed by atoms with Crippen LogP contribution in [0.3, 0.4) is 0 Å². The average Bonchev–Trinajstić information content (AvgIpc) is 3.42. The zero-order valence-electron chi connectivity index (χ0n) is 16.4. The highest BCUT2D eigenvalue weighted by atomic mass is 127. The number of halogens is 3. The minimum Gasteiger partial charge on any atom is -0.357 e. The van der Waals surface area contributed by atoms with Gasteiger partial charge in [-0.15, -0.1) is 35.7 Å². The minimum absolute atomic E-state index is 0. The molecule has 0 unspecified atom stereocenters. The van der Waals surface area contributed by atoms with Crippen molar-refractivity contribution in [2.75, 3.05) is 32.7 Å². The first-order chi connectivity index (χ1) is 13.1. The van der Waals surface area contributed by atoms with E-state index < -0.39 is 6.43 Å². The maximum absolute atomic E-state index is 12.5. The van der Waals surface area contributed by atoms with Crippen LogP contribution >= 0.6 is 35.7 Å². The standard InChI is InChI=1S/C20H30F2N4S.HI/c1-2-23-19(25-16-8-12-26(13-9-16)14-18(21)22)24-15-20(10-11-20)27-17-6-4-3-5-7-17;/h3-7,16,18H,2,8-15H2,1H3,(H2,23,24,25);1H. The number of piperidine rings is 1. The second-order valence-electron chi connectivity index (χ2n) is 7.40. The molecule has 3 rings (SSSR count). The van der Waals surface area contributed by atoms with Crippen LogP contribution in [0.25, 0.3) is 0 Å². The molecule has 8 heteroatoms. The molecule has 2 N–H and O–H groups in total. The molecule has 1 heterocycles. The third-order valence-electron chi connectivity index (χ3n) is 5.08. The Balaban J connectivity index is 0.00000280. The van der Waals surface area contributed by atoms with Crippen LogP contribution in [0.4, 0.5) is 8.78 Å². The first-order valence-corrected chi connectivity index (χ1v) is 10.7. The molecule has 1 aliphatic carbocycles. The van der Waals surface area contributed by atoms with E-state index in [2.05, 4.69) is 41.8 Å². The van der Waals surface area contributed by atoms with Gasteiger partial charge in [0.05, 0.1) is 13.1 Å². The number of hydrogen-bond donors (Lipinski definition) is 2. The smallest absolute Gasteiger partial charge is 0.251 e. The molecule has 28 heavy (non-hydrogen) atoms. The topological polar surface area (TPSA) is 39.7 Å². The molecule has 0 spiro atoms. The predicted molar refractivity (Wildman–Crippen MR) is 124 cm³/mol. The Bertz CT molecular complexity index is 605. The molecular formula is C20H31F2IN4S.